The molecule has 0 aliphatic carbocycles. The number of hydrogen-bond donors (Lipinski definition) is 1. The molecule has 0 unspecified atom stereocenters. The molecule has 0 aromatic heterocycles. The summed E-state index contributed by atoms with van der Waals surface area (Å²) in [6, 6.07) is 0. The first-order valence-corrected chi connectivity index (χ1v) is 5.31. The molecule has 0 bridgehead atoms. The van der Waals surface area contributed by atoms with Gasteiger partial charge in [0.25, 0.3) is 0 Å². The number of carbonyl (C=O) groups excluding carboxylic acids is 1. The van der Waals surface area contributed by atoms with Crippen LogP contribution in [0.15, 0.2) is 23.8 Å². The van der Waals surface area contributed by atoms with Crippen LogP contribution in [0.2, 0.25) is 0 Å². The quantitative estimate of drug-likeness (QED) is 0.760. The summed E-state index contributed by atoms with van der Waals surface area (Å²) in [6.45, 7) is 4.25. The van der Waals surface area contributed by atoms with E-state index in [4.69, 9.17) is 0 Å². The van der Waals surface area contributed by atoms with Gasteiger partial charge in [-0.1, -0.05) is 0 Å². The predicted octanol–water partition coefficient (Wildman–Crippen LogP) is 0.931. The van der Waals surface area contributed by atoms with Crippen molar-refractivity contribution in [3.8, 4) is 0 Å². The molecule has 1 rings (SSSR count). The average molecular weight is 333 g/mol. The van der Waals surface area contributed by atoms with E-state index in [1.807, 2.05) is 6.08 Å². The van der Waals surface area contributed by atoms with E-state index in [-0.39, 0.29) is 5.91 Å². The normalized spacial score (nSPS) is 20.4. The van der Waals surface area contributed by atoms with Crippen molar-refractivity contribution in [1.82, 2.24) is 5.32 Å². The van der Waals surface area contributed by atoms with Gasteiger partial charge in [0, 0.05) is 0 Å². The van der Waals surface area contributed by atoms with Gasteiger partial charge in [-0.25, -0.2) is 0 Å². The molecule has 0 atom stereocenters. The van der Waals surface area contributed by atoms with E-state index in [1.165, 1.54) is 19.4 Å². The summed E-state index contributed by atoms with van der Waals surface area (Å²) in [5.74, 6) is 0.509. The fraction of sp³-hybridized carbons (Fsp3) is 0.333. The van der Waals surface area contributed by atoms with E-state index in [1.54, 1.807) is 6.08 Å². The topological polar surface area (TPSA) is 29.1 Å². The summed E-state index contributed by atoms with van der Waals surface area (Å²) in [7, 11) is 0. The molecule has 0 aromatic rings. The molecule has 0 aromatic carbocycles. The Bertz CT molecular complexity index is 276. The first-order chi connectivity index (χ1) is 5.59. The Morgan fingerprint density at radius 1 is 1.50 bits per heavy atom. The third-order valence-corrected chi connectivity index (χ3v) is 2.64. The van der Waals surface area contributed by atoms with Crippen LogP contribution >= 0.6 is 0 Å². The molecule has 0 saturated carbocycles. The Hall–Kier alpha value is -0.492. The molecule has 0 radical (unpaired) electrons. The van der Waals surface area contributed by atoms with Crippen LogP contribution in [0.5, 0.6) is 0 Å². The van der Waals surface area contributed by atoms with Gasteiger partial charge in [0.15, 0.2) is 0 Å². The number of amides is 1. The van der Waals surface area contributed by atoms with E-state index >= 15 is 0 Å². The summed E-state index contributed by atoms with van der Waals surface area (Å²) < 4.78 is 1.02. The van der Waals surface area contributed by atoms with Crippen molar-refractivity contribution in [3.63, 3.8) is 0 Å². The zero-order valence-corrected chi connectivity index (χ0v) is 10.1. The van der Waals surface area contributed by atoms with Crippen molar-refractivity contribution < 1.29 is 24.1 Å². The molecule has 0 spiro atoms. The van der Waals surface area contributed by atoms with Crippen LogP contribution in [0.4, 0.5) is 0 Å². The second-order valence-corrected chi connectivity index (χ2v) is 4.48. The second kappa shape index (κ2) is 3.95. The minimum absolute atomic E-state index is 0.0130. The number of allylic oxidation sites excluding steroid dienone is 1. The second-order valence-electron chi connectivity index (χ2n) is 3.02. The van der Waals surface area contributed by atoms with E-state index in [0.717, 1.165) is 9.59 Å². The number of hydrogen-bond acceptors (Lipinski definition) is 1. The van der Waals surface area contributed by atoms with Gasteiger partial charge in [-0.3, -0.25) is 0 Å². The molecule has 1 heterocycles. The van der Waals surface area contributed by atoms with Crippen LogP contribution in [-0.4, -0.2) is 9.93 Å². The van der Waals surface area contributed by atoms with Crippen LogP contribution in [0, 0.1) is 5.92 Å². The van der Waals surface area contributed by atoms with Gasteiger partial charge >= 0.3 is 83.0 Å². The van der Waals surface area contributed by atoms with Gasteiger partial charge in [0.05, 0.1) is 0 Å². The molecule has 0 fully saturated rings. The Labute approximate surface area is 83.1 Å². The van der Waals surface area contributed by atoms with Crippen molar-refractivity contribution in [3.05, 3.63) is 23.8 Å². The summed E-state index contributed by atoms with van der Waals surface area (Å²) in [5.41, 5.74) is 1.15. The molecule has 1 aliphatic rings. The molecular formula is C9H11NOW. The first-order valence-electron chi connectivity index (χ1n) is 3.85. The van der Waals surface area contributed by atoms with Gasteiger partial charge in [-0.05, 0) is 0 Å². The molecular weight excluding hydrogens is 322 g/mol. The van der Waals surface area contributed by atoms with Crippen LogP contribution in [0.3, 0.4) is 0 Å². The SMILES string of the molecule is CC(C)C=C1C=CC(=O)N[C]1=[W]. The van der Waals surface area contributed by atoms with Gasteiger partial charge in [-0.15, -0.1) is 0 Å². The Morgan fingerprint density at radius 2 is 2.17 bits per heavy atom. The van der Waals surface area contributed by atoms with E-state index in [2.05, 4.69) is 25.2 Å². The van der Waals surface area contributed by atoms with Crippen LogP contribution in [0.1, 0.15) is 13.8 Å². The third kappa shape index (κ3) is 2.53. The molecule has 1 aliphatic heterocycles. The van der Waals surface area contributed by atoms with E-state index in [0.29, 0.717) is 5.92 Å². The van der Waals surface area contributed by atoms with Crippen molar-refractivity contribution in [1.29, 1.82) is 0 Å². The molecule has 3 heteroatoms. The molecule has 0 saturated heterocycles. The minimum atomic E-state index is -0.0130. The van der Waals surface area contributed by atoms with Gasteiger partial charge < -0.3 is 0 Å². The summed E-state index contributed by atoms with van der Waals surface area (Å²) in [6.07, 6.45) is 5.60. The Kier molecular flexibility index (Phi) is 3.16. The standard InChI is InChI=1S/C9H11NO.W/c1-7(2)5-8-3-4-9(11)10-6-8;/h3-5,7H,1-2H3,(H,10,11);. The van der Waals surface area contributed by atoms with Crippen molar-refractivity contribution in [2.24, 2.45) is 5.92 Å². The zero-order valence-electron chi connectivity index (χ0n) is 7.13. The van der Waals surface area contributed by atoms with Crippen LogP contribution < -0.4 is 5.32 Å². The summed E-state index contributed by atoms with van der Waals surface area (Å²) >= 11 is 1.30. The average Bonchev–Trinajstić information content (AvgIpc) is 1.94. The van der Waals surface area contributed by atoms with Gasteiger partial charge in [0.2, 0.25) is 0 Å². The maximum atomic E-state index is 10.9. The van der Waals surface area contributed by atoms with E-state index < -0.39 is 0 Å². The Balaban J connectivity index is 2.86. The fourth-order valence-corrected chi connectivity index (χ4v) is 1.81. The number of nitrogens with one attached hydrogen (secondary N) is 1. The molecule has 1 amide bonds. The monoisotopic (exact) mass is 333 g/mol. The predicted molar refractivity (Wildman–Crippen MR) is 45.2 cm³/mol. The van der Waals surface area contributed by atoms with Crippen molar-refractivity contribution in [2.75, 3.05) is 0 Å². The molecule has 64 valence electrons. The summed E-state index contributed by atoms with van der Waals surface area (Å²) in [5, 5.41) is 2.79. The van der Waals surface area contributed by atoms with Gasteiger partial charge in [0.1, 0.15) is 0 Å². The molecule has 2 nitrogen and oxygen atoms in total. The van der Waals surface area contributed by atoms with E-state index in [9.17, 15) is 4.79 Å². The van der Waals surface area contributed by atoms with Gasteiger partial charge in [-0.2, -0.15) is 0 Å². The fourth-order valence-electron chi connectivity index (χ4n) is 0.957. The molecule has 1 N–H and O–H groups in total. The van der Waals surface area contributed by atoms with Crippen LogP contribution in [-0.2, 0) is 24.1 Å². The first kappa shape index (κ1) is 9.60. The maximum absolute atomic E-state index is 10.9. The Morgan fingerprint density at radius 3 is 2.67 bits per heavy atom. The number of carbonyl (C=O) groups is 1. The van der Waals surface area contributed by atoms with Crippen molar-refractivity contribution in [2.45, 2.75) is 13.8 Å². The van der Waals surface area contributed by atoms with Crippen LogP contribution in [0.25, 0.3) is 0 Å². The number of rotatable bonds is 1. The zero-order chi connectivity index (χ0) is 9.14. The molecule has 12 heavy (non-hydrogen) atoms. The third-order valence-electron chi connectivity index (χ3n) is 1.43. The van der Waals surface area contributed by atoms with Crippen molar-refractivity contribution >= 4 is 9.93 Å². The summed E-state index contributed by atoms with van der Waals surface area (Å²) in [4.78, 5) is 10.9.